The van der Waals surface area contributed by atoms with Gasteiger partial charge < -0.3 is 14.6 Å². The average molecular weight is 236 g/mol. The maximum atomic E-state index is 5.26. The highest BCUT2D eigenvalue weighted by Gasteiger charge is 2.29. The summed E-state index contributed by atoms with van der Waals surface area (Å²) in [6, 6.07) is 0.0455. The molecule has 2 aromatic heterocycles. The van der Waals surface area contributed by atoms with Crippen molar-refractivity contribution in [2.45, 2.75) is 18.6 Å². The van der Waals surface area contributed by atoms with E-state index in [1.54, 1.807) is 7.11 Å². The van der Waals surface area contributed by atoms with E-state index in [0.29, 0.717) is 17.5 Å². The Bertz CT molecular complexity index is 481. The largest absolute Gasteiger partial charge is 0.380 e. The van der Waals surface area contributed by atoms with Gasteiger partial charge in [0.15, 0.2) is 5.82 Å². The molecule has 3 heterocycles. The Balaban J connectivity index is 1.77. The fourth-order valence-corrected chi connectivity index (χ4v) is 1.86. The Morgan fingerprint density at radius 3 is 3.18 bits per heavy atom. The molecule has 0 spiro atoms. The minimum atomic E-state index is 0.0455. The lowest BCUT2D eigenvalue weighted by molar-refractivity contribution is 0.116. The van der Waals surface area contributed by atoms with E-state index in [1.165, 1.54) is 6.33 Å². The lowest BCUT2D eigenvalue weighted by Crippen LogP contribution is -2.16. The number of H-pyrrole nitrogens is 1. The molecule has 1 saturated heterocycles. The predicted octanol–water partition coefficient (Wildman–Crippen LogP) is -0.0959. The summed E-state index contributed by atoms with van der Waals surface area (Å²) >= 11 is 0. The second-order valence-electron chi connectivity index (χ2n) is 3.84. The topological polar surface area (TPSA) is 102 Å². The number of hydrogen-bond acceptors (Lipinski definition) is 7. The van der Waals surface area contributed by atoms with E-state index in [0.717, 1.165) is 13.0 Å². The Labute approximate surface area is 96.8 Å². The smallest absolute Gasteiger partial charge is 0.244 e. The van der Waals surface area contributed by atoms with Gasteiger partial charge in [0.25, 0.3) is 0 Å². The minimum Gasteiger partial charge on any atom is -0.380 e. The molecular formula is C9H12N6O2. The van der Waals surface area contributed by atoms with E-state index in [-0.39, 0.29) is 12.1 Å². The molecule has 0 aliphatic carbocycles. The van der Waals surface area contributed by atoms with Crippen molar-refractivity contribution in [2.75, 3.05) is 13.7 Å². The Hall–Kier alpha value is -1.80. The van der Waals surface area contributed by atoms with Crippen molar-refractivity contribution in [3.63, 3.8) is 0 Å². The molecule has 0 saturated carbocycles. The maximum absolute atomic E-state index is 5.26. The second kappa shape index (κ2) is 4.22. The van der Waals surface area contributed by atoms with Crippen molar-refractivity contribution in [1.82, 2.24) is 30.6 Å². The Morgan fingerprint density at radius 1 is 1.53 bits per heavy atom. The molecule has 0 amide bonds. The predicted molar refractivity (Wildman–Crippen MR) is 55.8 cm³/mol. The zero-order valence-corrected chi connectivity index (χ0v) is 9.25. The van der Waals surface area contributed by atoms with E-state index < -0.39 is 0 Å². The zero-order valence-electron chi connectivity index (χ0n) is 9.25. The van der Waals surface area contributed by atoms with Crippen molar-refractivity contribution in [3.8, 4) is 11.6 Å². The van der Waals surface area contributed by atoms with E-state index in [9.17, 15) is 0 Å². The van der Waals surface area contributed by atoms with Gasteiger partial charge in [-0.3, -0.25) is 5.10 Å². The van der Waals surface area contributed by atoms with Crippen LogP contribution >= 0.6 is 0 Å². The van der Waals surface area contributed by atoms with E-state index >= 15 is 0 Å². The Morgan fingerprint density at radius 2 is 2.47 bits per heavy atom. The molecule has 90 valence electrons. The van der Waals surface area contributed by atoms with Gasteiger partial charge in [0, 0.05) is 13.7 Å². The van der Waals surface area contributed by atoms with Gasteiger partial charge in [-0.25, -0.2) is 4.98 Å². The number of aromatic nitrogens is 5. The molecule has 2 aromatic rings. The molecule has 0 radical (unpaired) electrons. The van der Waals surface area contributed by atoms with Crippen LogP contribution in [-0.2, 0) is 4.74 Å². The minimum absolute atomic E-state index is 0.0455. The molecule has 3 rings (SSSR count). The van der Waals surface area contributed by atoms with Gasteiger partial charge in [0.2, 0.25) is 11.7 Å². The number of rotatable bonds is 3. The molecule has 0 unspecified atom stereocenters. The summed E-state index contributed by atoms with van der Waals surface area (Å²) in [4.78, 5) is 8.23. The monoisotopic (exact) mass is 236 g/mol. The third-order valence-electron chi connectivity index (χ3n) is 2.79. The molecule has 1 aliphatic rings. The van der Waals surface area contributed by atoms with Crippen LogP contribution in [0.4, 0.5) is 0 Å². The van der Waals surface area contributed by atoms with Crippen molar-refractivity contribution in [3.05, 3.63) is 12.2 Å². The highest BCUT2D eigenvalue weighted by atomic mass is 16.5. The van der Waals surface area contributed by atoms with Gasteiger partial charge in [-0.1, -0.05) is 5.16 Å². The third-order valence-corrected chi connectivity index (χ3v) is 2.79. The van der Waals surface area contributed by atoms with Crippen molar-refractivity contribution in [2.24, 2.45) is 0 Å². The fourth-order valence-electron chi connectivity index (χ4n) is 1.86. The lowest BCUT2D eigenvalue weighted by atomic mass is 10.2. The SMILES string of the molecule is CO[C@@H]1CN[C@@H](c2nc(-c3ncn[nH]3)no2)C1. The molecule has 0 aromatic carbocycles. The van der Waals surface area contributed by atoms with Gasteiger partial charge in [0.05, 0.1) is 12.1 Å². The zero-order chi connectivity index (χ0) is 11.7. The van der Waals surface area contributed by atoms with Crippen LogP contribution in [0.25, 0.3) is 11.6 Å². The van der Waals surface area contributed by atoms with E-state index in [2.05, 4.69) is 30.6 Å². The quantitative estimate of drug-likeness (QED) is 0.767. The van der Waals surface area contributed by atoms with Crippen LogP contribution in [0.5, 0.6) is 0 Å². The standard InChI is InChI=1S/C9H12N6O2/c1-16-5-2-6(10-3-5)9-13-8(15-17-9)7-11-4-12-14-7/h4-6,10H,2-3H2,1H3,(H,11,12,14)/t5-,6+/m0/s1. The number of ether oxygens (including phenoxy) is 1. The van der Waals surface area contributed by atoms with Crippen LogP contribution in [0.3, 0.4) is 0 Å². The number of nitrogens with zero attached hydrogens (tertiary/aromatic N) is 4. The summed E-state index contributed by atoms with van der Waals surface area (Å²) in [7, 11) is 1.70. The van der Waals surface area contributed by atoms with Crippen LogP contribution in [0.1, 0.15) is 18.4 Å². The number of methoxy groups -OCH3 is 1. The van der Waals surface area contributed by atoms with E-state index in [1.807, 2.05) is 0 Å². The molecule has 8 heteroatoms. The van der Waals surface area contributed by atoms with Gasteiger partial charge in [-0.2, -0.15) is 10.1 Å². The summed E-state index contributed by atoms with van der Waals surface area (Å²) in [6.07, 6.45) is 2.43. The second-order valence-corrected chi connectivity index (χ2v) is 3.84. The van der Waals surface area contributed by atoms with Gasteiger partial charge in [0.1, 0.15) is 6.33 Å². The first-order chi connectivity index (χ1) is 8.36. The number of nitrogens with one attached hydrogen (secondary N) is 2. The molecule has 1 fully saturated rings. The maximum Gasteiger partial charge on any atom is 0.244 e. The van der Waals surface area contributed by atoms with Crippen molar-refractivity contribution >= 4 is 0 Å². The molecule has 2 atom stereocenters. The summed E-state index contributed by atoms with van der Waals surface area (Å²) in [5.74, 6) is 1.47. The molecule has 2 N–H and O–H groups in total. The molecule has 0 bridgehead atoms. The normalized spacial score (nSPS) is 24.3. The highest BCUT2D eigenvalue weighted by Crippen LogP contribution is 2.24. The summed E-state index contributed by atoms with van der Waals surface area (Å²) in [5, 5.41) is 13.5. The fraction of sp³-hybridized carbons (Fsp3) is 0.556. The lowest BCUT2D eigenvalue weighted by Gasteiger charge is -2.03. The Kier molecular flexibility index (Phi) is 2.57. The van der Waals surface area contributed by atoms with E-state index in [4.69, 9.17) is 9.26 Å². The van der Waals surface area contributed by atoms with Crippen molar-refractivity contribution in [1.29, 1.82) is 0 Å². The summed E-state index contributed by atoms with van der Waals surface area (Å²) in [5.41, 5.74) is 0. The van der Waals surface area contributed by atoms with Crippen molar-refractivity contribution < 1.29 is 9.26 Å². The summed E-state index contributed by atoms with van der Waals surface area (Å²) < 4.78 is 10.5. The first kappa shape index (κ1) is 10.4. The number of aromatic amines is 1. The van der Waals surface area contributed by atoms with Gasteiger partial charge in [-0.05, 0) is 6.42 Å². The average Bonchev–Trinajstić information content (AvgIpc) is 3.09. The van der Waals surface area contributed by atoms with Crippen LogP contribution < -0.4 is 5.32 Å². The molecular weight excluding hydrogens is 224 g/mol. The van der Waals surface area contributed by atoms with Gasteiger partial charge >= 0.3 is 0 Å². The van der Waals surface area contributed by atoms with Crippen LogP contribution in [-0.4, -0.2) is 45.1 Å². The third kappa shape index (κ3) is 1.92. The molecule has 8 nitrogen and oxygen atoms in total. The number of hydrogen-bond donors (Lipinski definition) is 2. The first-order valence-electron chi connectivity index (χ1n) is 5.32. The summed E-state index contributed by atoms with van der Waals surface area (Å²) in [6.45, 7) is 0.793. The highest BCUT2D eigenvalue weighted by molar-refractivity contribution is 5.39. The van der Waals surface area contributed by atoms with Crippen LogP contribution in [0.2, 0.25) is 0 Å². The van der Waals surface area contributed by atoms with Crippen LogP contribution in [0.15, 0.2) is 10.9 Å². The van der Waals surface area contributed by atoms with Gasteiger partial charge in [-0.15, -0.1) is 0 Å². The first-order valence-corrected chi connectivity index (χ1v) is 5.32. The molecule has 1 aliphatic heterocycles. The van der Waals surface area contributed by atoms with Crippen LogP contribution in [0, 0.1) is 0 Å². The molecule has 17 heavy (non-hydrogen) atoms.